The van der Waals surface area contributed by atoms with E-state index < -0.39 is 183 Å². The van der Waals surface area contributed by atoms with Crippen molar-refractivity contribution in [2.75, 3.05) is 0 Å². The Bertz CT molecular complexity index is 3430. The average Bonchev–Trinajstić information content (AvgIpc) is 3.34. The summed E-state index contributed by atoms with van der Waals surface area (Å²) in [5.74, 6) is 8.81. The monoisotopic (exact) mass is 1040 g/mol. The van der Waals surface area contributed by atoms with Gasteiger partial charge in [0.15, 0.2) is 0 Å². The molecule has 4 rings (SSSR count). The minimum absolute atomic E-state index is 0.172. The molecule has 4 aromatic heterocycles. The molecule has 0 amide bonds. The third-order valence-corrected chi connectivity index (χ3v) is 10.4. The highest BCUT2D eigenvalue weighted by atomic mass is 16.6. The van der Waals surface area contributed by atoms with Crippen LogP contribution >= 0.6 is 0 Å². The summed E-state index contributed by atoms with van der Waals surface area (Å²) < 4.78 is 19.9. The number of carbonyl (C=O) groups is 3. The second-order valence-electron chi connectivity index (χ2n) is 15.5. The molecule has 30 heteroatoms. The highest BCUT2D eigenvalue weighted by Gasteiger charge is 2.30. The molecule has 3 unspecified atom stereocenters. The zero-order valence-electron chi connectivity index (χ0n) is 39.9. The molecule has 0 saturated heterocycles. The van der Waals surface area contributed by atoms with Gasteiger partial charge in [0.05, 0.1) is 78.5 Å². The van der Waals surface area contributed by atoms with Gasteiger partial charge in [-0.3, -0.25) is 14.4 Å². The van der Waals surface area contributed by atoms with E-state index in [9.17, 15) is 71.9 Å². The topological polar surface area (TPSA) is 343 Å². The van der Waals surface area contributed by atoms with E-state index in [1.54, 1.807) is 0 Å². The lowest BCUT2D eigenvalue weighted by Gasteiger charge is -2.24. The van der Waals surface area contributed by atoms with Crippen molar-refractivity contribution in [3.63, 3.8) is 0 Å². The maximum atomic E-state index is 14.6. The molecule has 4 heterocycles. The number of aromatic nitrogens is 12. The molecule has 390 valence electrons. The van der Waals surface area contributed by atoms with Gasteiger partial charge < -0.3 is 14.2 Å². The van der Waals surface area contributed by atoms with Crippen LogP contribution < -0.4 is 68.3 Å². The zero-order valence-corrected chi connectivity index (χ0v) is 39.9. The summed E-state index contributed by atoms with van der Waals surface area (Å²) in [7, 11) is 0. The van der Waals surface area contributed by atoms with E-state index in [1.807, 2.05) is 0 Å². The molecule has 0 spiro atoms. The van der Waals surface area contributed by atoms with Gasteiger partial charge in [0.2, 0.25) is 0 Å². The quantitative estimate of drug-likeness (QED) is 0.0425. The molecule has 4 aromatic rings. The summed E-state index contributed by atoms with van der Waals surface area (Å²) in [4.78, 5) is 202. The Balaban J connectivity index is 2.12. The van der Waals surface area contributed by atoms with Crippen LogP contribution in [0.3, 0.4) is 0 Å². The van der Waals surface area contributed by atoms with E-state index >= 15 is 0 Å². The third-order valence-electron chi connectivity index (χ3n) is 10.4. The first-order chi connectivity index (χ1) is 35.4. The van der Waals surface area contributed by atoms with Crippen LogP contribution in [0.2, 0.25) is 0 Å². The second-order valence-corrected chi connectivity index (χ2v) is 15.5. The lowest BCUT2D eigenvalue weighted by atomic mass is 10.3. The van der Waals surface area contributed by atoms with Crippen molar-refractivity contribution in [1.82, 2.24) is 54.8 Å². The standard InChI is InChI=1S/C45H42N12O18/c1-10-16-46-34(61)47(17-11-2)38(65)52(37(46)64)22-31(73-28(7)58)25-55-43(70)56(26-32(74-29(8)59)23-53-39(66)48(18-12-3)35(62)49(19-13-4)40(53)67)45(72)57(44(55)71)27-33(75-30(9)60)24-54-41(68)50(20-14-5)36(63)51(21-15-6)42(54)69/h1-6,31-33H,16-27H2,7-9H3. The maximum absolute atomic E-state index is 14.6. The first-order valence-corrected chi connectivity index (χ1v) is 21.3. The van der Waals surface area contributed by atoms with Gasteiger partial charge in [0.25, 0.3) is 0 Å². The molecule has 75 heavy (non-hydrogen) atoms. The number of terminal acetylenes is 6. The summed E-state index contributed by atoms with van der Waals surface area (Å²) >= 11 is 0. The normalized spacial score (nSPS) is 11.8. The summed E-state index contributed by atoms with van der Waals surface area (Å²) in [6.07, 6.45) is 26.1. The third kappa shape index (κ3) is 12.3. The Kier molecular flexibility index (Phi) is 18.6. The molecule has 0 aliphatic heterocycles. The number of hydrogen-bond donors (Lipinski definition) is 0. The van der Waals surface area contributed by atoms with Gasteiger partial charge in [-0.05, 0) is 0 Å². The van der Waals surface area contributed by atoms with Crippen LogP contribution in [0.1, 0.15) is 20.8 Å². The van der Waals surface area contributed by atoms with Crippen LogP contribution in [0.4, 0.5) is 0 Å². The molecule has 3 atom stereocenters. The summed E-state index contributed by atoms with van der Waals surface area (Å²) in [6.45, 7) is -8.69. The van der Waals surface area contributed by atoms with Gasteiger partial charge in [0, 0.05) is 20.8 Å². The fourth-order valence-electron chi connectivity index (χ4n) is 7.35. The smallest absolute Gasteiger partial charge is 0.338 e. The molecule has 0 bridgehead atoms. The number of esters is 3. The van der Waals surface area contributed by atoms with Gasteiger partial charge in [-0.2, -0.15) is 0 Å². The Morgan fingerprint density at radius 3 is 0.533 bits per heavy atom. The number of rotatable bonds is 21. The lowest BCUT2D eigenvalue weighted by molar-refractivity contribution is -0.148. The molecule has 0 saturated carbocycles. The fourth-order valence-corrected chi connectivity index (χ4v) is 7.35. The second kappa shape index (κ2) is 24.5. The van der Waals surface area contributed by atoms with E-state index in [2.05, 4.69) is 35.5 Å². The lowest BCUT2D eigenvalue weighted by Crippen LogP contribution is -2.60. The highest BCUT2D eigenvalue weighted by Crippen LogP contribution is 2.03. The van der Waals surface area contributed by atoms with Crippen LogP contribution in [0.25, 0.3) is 0 Å². The van der Waals surface area contributed by atoms with Crippen molar-refractivity contribution in [2.45, 2.75) is 118 Å². The van der Waals surface area contributed by atoms with Crippen molar-refractivity contribution >= 4 is 17.9 Å². The van der Waals surface area contributed by atoms with Gasteiger partial charge in [-0.25, -0.2) is 112 Å². The minimum atomic E-state index is -1.97. The van der Waals surface area contributed by atoms with E-state index in [-0.39, 0.29) is 13.7 Å². The van der Waals surface area contributed by atoms with Crippen LogP contribution in [-0.2, 0) is 107 Å². The van der Waals surface area contributed by atoms with Crippen LogP contribution in [0, 0.1) is 74.1 Å². The van der Waals surface area contributed by atoms with Crippen LogP contribution in [0.5, 0.6) is 0 Å². The Labute approximate surface area is 418 Å². The van der Waals surface area contributed by atoms with Gasteiger partial charge >= 0.3 is 86.2 Å². The molecule has 0 aromatic carbocycles. The molecule has 0 fully saturated rings. The summed E-state index contributed by atoms with van der Waals surface area (Å²) in [6, 6.07) is 0. The Hall–Kier alpha value is -10.6. The number of ether oxygens (including phenoxy) is 3. The van der Waals surface area contributed by atoms with E-state index in [0.717, 1.165) is 20.8 Å². The number of hydrogen-bond acceptors (Lipinski definition) is 18. The van der Waals surface area contributed by atoms with Crippen molar-refractivity contribution in [3.8, 4) is 74.1 Å². The molecule has 0 aliphatic carbocycles. The first-order valence-electron chi connectivity index (χ1n) is 21.3. The van der Waals surface area contributed by atoms with E-state index in [0.29, 0.717) is 41.1 Å². The molecule has 0 radical (unpaired) electrons. The first kappa shape index (κ1) is 57.0. The highest BCUT2D eigenvalue weighted by molar-refractivity contribution is 5.66. The van der Waals surface area contributed by atoms with Crippen LogP contribution in [0.15, 0.2) is 57.5 Å². The van der Waals surface area contributed by atoms with Crippen molar-refractivity contribution < 1.29 is 28.6 Å². The van der Waals surface area contributed by atoms with Gasteiger partial charge in [0.1, 0.15) is 18.3 Å². The average molecular weight is 1040 g/mol. The zero-order chi connectivity index (χ0) is 56.2. The number of nitrogens with zero attached hydrogens (tertiary/aromatic N) is 12. The Morgan fingerprint density at radius 1 is 0.293 bits per heavy atom. The predicted octanol–water partition coefficient (Wildman–Crippen LogP) is -8.68. The SMILES string of the molecule is C#CCn1c(=O)n(CC#C)c(=O)n(CC(Cn2c(=O)n(CC(Cn3c(=O)n(CC#C)c(=O)n(CC#C)c3=O)OC(C)=O)c(=O)n(CC(Cn3c(=O)n(CC#C)c(=O)n(CC#C)c3=O)OC(C)=O)c2=O)OC(C)=O)c1=O. The molecular weight excluding hydrogens is 997 g/mol. The molecular formula is C45H42N12O18. The van der Waals surface area contributed by atoms with E-state index in [1.165, 1.54) is 0 Å². The van der Waals surface area contributed by atoms with Gasteiger partial charge in [-0.15, -0.1) is 38.5 Å². The predicted molar refractivity (Wildman–Crippen MR) is 257 cm³/mol. The van der Waals surface area contributed by atoms with Gasteiger partial charge in [-0.1, -0.05) is 35.5 Å². The molecule has 0 N–H and O–H groups in total. The summed E-state index contributed by atoms with van der Waals surface area (Å²) in [5, 5.41) is 0. The number of carbonyl (C=O) groups excluding carboxylic acids is 3. The fraction of sp³-hybridized carbons (Fsp3) is 0.400. The molecule has 30 nitrogen and oxygen atoms in total. The van der Waals surface area contributed by atoms with Crippen molar-refractivity contribution in [2.24, 2.45) is 0 Å². The minimum Gasteiger partial charge on any atom is -0.459 e. The largest absolute Gasteiger partial charge is 0.459 e. The maximum Gasteiger partial charge on any atom is 0.338 e. The Morgan fingerprint density at radius 2 is 0.413 bits per heavy atom. The molecule has 0 aliphatic rings. The van der Waals surface area contributed by atoms with Crippen molar-refractivity contribution in [1.29, 1.82) is 0 Å². The van der Waals surface area contributed by atoms with Crippen LogP contribution in [-0.4, -0.2) is 91.0 Å². The summed E-state index contributed by atoms with van der Waals surface area (Å²) in [5.41, 5.74) is -17.0. The van der Waals surface area contributed by atoms with E-state index in [4.69, 9.17) is 52.8 Å². The van der Waals surface area contributed by atoms with Crippen molar-refractivity contribution in [3.05, 3.63) is 126 Å².